The van der Waals surface area contributed by atoms with Crippen LogP contribution in [0.4, 0.5) is 4.39 Å². The Labute approximate surface area is 167 Å². The molecule has 0 aliphatic rings. The fourth-order valence-corrected chi connectivity index (χ4v) is 2.89. The van der Waals surface area contributed by atoms with Gasteiger partial charge in [0.1, 0.15) is 11.6 Å². The van der Waals surface area contributed by atoms with Gasteiger partial charge in [-0.3, -0.25) is 4.79 Å². The van der Waals surface area contributed by atoms with Crippen LogP contribution in [0.15, 0.2) is 89.7 Å². The molecule has 0 fully saturated rings. The first-order chi connectivity index (χ1) is 14.2. The predicted molar refractivity (Wildman–Crippen MR) is 109 cm³/mol. The maximum absolute atomic E-state index is 13.3. The fourth-order valence-electron chi connectivity index (χ4n) is 2.89. The van der Waals surface area contributed by atoms with Crippen LogP contribution < -0.4 is 5.32 Å². The lowest BCUT2D eigenvalue weighted by molar-refractivity contribution is -0.116. The Morgan fingerprint density at radius 1 is 1.07 bits per heavy atom. The van der Waals surface area contributed by atoms with E-state index < -0.39 is 0 Å². The number of para-hydroxylation sites is 1. The summed E-state index contributed by atoms with van der Waals surface area (Å²) in [6.07, 6.45) is 6.43. The van der Waals surface area contributed by atoms with Crippen LogP contribution in [0.5, 0.6) is 0 Å². The molecule has 2 heterocycles. The van der Waals surface area contributed by atoms with Crippen molar-refractivity contribution in [1.82, 2.24) is 15.1 Å². The molecule has 0 aliphatic carbocycles. The van der Waals surface area contributed by atoms with Gasteiger partial charge in [-0.25, -0.2) is 9.07 Å². The Morgan fingerprint density at radius 2 is 1.86 bits per heavy atom. The Kier molecular flexibility index (Phi) is 5.33. The minimum absolute atomic E-state index is 0.251. The van der Waals surface area contributed by atoms with Gasteiger partial charge >= 0.3 is 0 Å². The highest BCUT2D eigenvalue weighted by atomic mass is 19.1. The van der Waals surface area contributed by atoms with E-state index >= 15 is 0 Å². The molecule has 0 unspecified atom stereocenters. The lowest BCUT2D eigenvalue weighted by Crippen LogP contribution is -2.20. The number of nitrogens with zero attached hydrogens (tertiary/aromatic N) is 2. The SMILES string of the molecule is O=C(/C=C/c1ccco1)NCc1cn(-c2ccccc2)nc1-c1ccc(F)cc1. The van der Waals surface area contributed by atoms with Gasteiger partial charge in [0.15, 0.2) is 0 Å². The number of hydrogen-bond donors (Lipinski definition) is 1. The lowest BCUT2D eigenvalue weighted by Gasteiger charge is -2.03. The second-order valence-corrected chi connectivity index (χ2v) is 6.36. The van der Waals surface area contributed by atoms with E-state index in [4.69, 9.17) is 4.42 Å². The van der Waals surface area contributed by atoms with Gasteiger partial charge in [-0.05, 0) is 54.6 Å². The first kappa shape index (κ1) is 18.4. The van der Waals surface area contributed by atoms with Crippen molar-refractivity contribution in [3.63, 3.8) is 0 Å². The van der Waals surface area contributed by atoms with Crippen molar-refractivity contribution < 1.29 is 13.6 Å². The molecular weight excluding hydrogens is 369 g/mol. The van der Waals surface area contributed by atoms with E-state index in [1.54, 1.807) is 41.3 Å². The zero-order valence-electron chi connectivity index (χ0n) is 15.5. The molecule has 29 heavy (non-hydrogen) atoms. The number of benzene rings is 2. The number of aromatic nitrogens is 2. The van der Waals surface area contributed by atoms with Gasteiger partial charge in [0.25, 0.3) is 0 Å². The maximum Gasteiger partial charge on any atom is 0.244 e. The summed E-state index contributed by atoms with van der Waals surface area (Å²) in [6, 6.07) is 19.3. The van der Waals surface area contributed by atoms with E-state index in [9.17, 15) is 9.18 Å². The number of carbonyl (C=O) groups excluding carboxylic acids is 1. The first-order valence-electron chi connectivity index (χ1n) is 9.08. The minimum Gasteiger partial charge on any atom is -0.465 e. The zero-order valence-corrected chi connectivity index (χ0v) is 15.5. The third-order valence-corrected chi connectivity index (χ3v) is 4.32. The van der Waals surface area contributed by atoms with E-state index in [-0.39, 0.29) is 18.3 Å². The summed E-state index contributed by atoms with van der Waals surface area (Å²) in [5, 5.41) is 7.51. The highest BCUT2D eigenvalue weighted by Gasteiger charge is 2.13. The third-order valence-electron chi connectivity index (χ3n) is 4.32. The first-order valence-corrected chi connectivity index (χ1v) is 9.08. The number of amides is 1. The van der Waals surface area contributed by atoms with Gasteiger partial charge in [0.2, 0.25) is 5.91 Å². The topological polar surface area (TPSA) is 60.1 Å². The van der Waals surface area contributed by atoms with E-state index in [0.717, 1.165) is 16.8 Å². The summed E-state index contributed by atoms with van der Waals surface area (Å²) in [4.78, 5) is 12.2. The number of nitrogens with one attached hydrogen (secondary N) is 1. The molecule has 0 saturated carbocycles. The molecule has 6 heteroatoms. The average Bonchev–Trinajstić information content (AvgIpc) is 3.42. The monoisotopic (exact) mass is 387 g/mol. The van der Waals surface area contributed by atoms with E-state index in [1.165, 1.54) is 18.2 Å². The van der Waals surface area contributed by atoms with Crippen molar-refractivity contribution in [2.45, 2.75) is 6.54 Å². The van der Waals surface area contributed by atoms with Crippen molar-refractivity contribution in [2.75, 3.05) is 0 Å². The minimum atomic E-state index is -0.311. The summed E-state index contributed by atoms with van der Waals surface area (Å²) in [5.74, 6) is 0.0390. The second-order valence-electron chi connectivity index (χ2n) is 6.36. The highest BCUT2D eigenvalue weighted by molar-refractivity contribution is 5.91. The normalized spacial score (nSPS) is 11.1. The quantitative estimate of drug-likeness (QED) is 0.492. The molecule has 0 atom stereocenters. The van der Waals surface area contributed by atoms with Crippen LogP contribution in [0.2, 0.25) is 0 Å². The maximum atomic E-state index is 13.3. The molecule has 0 spiro atoms. The molecule has 4 aromatic rings. The summed E-state index contributed by atoms with van der Waals surface area (Å²) < 4.78 is 20.3. The van der Waals surface area contributed by atoms with Crippen LogP contribution in [0.25, 0.3) is 23.0 Å². The van der Waals surface area contributed by atoms with Crippen molar-refractivity contribution in [3.05, 3.63) is 102 Å². The molecule has 2 aromatic carbocycles. The number of rotatable bonds is 6. The standard InChI is InChI=1S/C23H18FN3O2/c24-19-10-8-17(9-11-19)23-18(16-27(26-23)20-5-2-1-3-6-20)15-25-22(28)13-12-21-7-4-14-29-21/h1-14,16H,15H2,(H,25,28)/b13-12+. The largest absolute Gasteiger partial charge is 0.465 e. The van der Waals surface area contributed by atoms with E-state index in [2.05, 4.69) is 10.4 Å². The molecule has 144 valence electrons. The van der Waals surface area contributed by atoms with Gasteiger partial charge in [0.05, 0.1) is 17.6 Å². The molecule has 0 saturated heterocycles. The molecule has 1 N–H and O–H groups in total. The van der Waals surface area contributed by atoms with Gasteiger partial charge in [0, 0.05) is 29.9 Å². The van der Waals surface area contributed by atoms with Crippen molar-refractivity contribution in [2.24, 2.45) is 0 Å². The Bertz CT molecular complexity index is 1110. The molecule has 0 radical (unpaired) electrons. The van der Waals surface area contributed by atoms with Gasteiger partial charge in [-0.1, -0.05) is 18.2 Å². The smallest absolute Gasteiger partial charge is 0.244 e. The van der Waals surface area contributed by atoms with E-state index in [0.29, 0.717) is 11.5 Å². The predicted octanol–water partition coefficient (Wildman–Crippen LogP) is 4.60. The van der Waals surface area contributed by atoms with Crippen molar-refractivity contribution >= 4 is 12.0 Å². The number of halogens is 1. The second kappa shape index (κ2) is 8.39. The number of furan rings is 1. The van der Waals surface area contributed by atoms with Crippen LogP contribution in [0.3, 0.4) is 0 Å². The molecule has 4 rings (SSSR count). The van der Waals surface area contributed by atoms with Gasteiger partial charge in [-0.2, -0.15) is 5.10 Å². The molecular formula is C23H18FN3O2. The Morgan fingerprint density at radius 3 is 2.59 bits per heavy atom. The summed E-state index contributed by atoms with van der Waals surface area (Å²) in [5.41, 5.74) is 3.17. The van der Waals surface area contributed by atoms with Crippen LogP contribution in [0, 0.1) is 5.82 Å². The lowest BCUT2D eigenvalue weighted by atomic mass is 10.1. The Hall–Kier alpha value is -3.93. The van der Waals surface area contributed by atoms with Gasteiger partial charge in [-0.15, -0.1) is 0 Å². The Balaban J connectivity index is 1.58. The number of hydrogen-bond acceptors (Lipinski definition) is 3. The molecule has 1 amide bonds. The summed E-state index contributed by atoms with van der Waals surface area (Å²) >= 11 is 0. The van der Waals surface area contributed by atoms with Crippen LogP contribution in [-0.4, -0.2) is 15.7 Å². The van der Waals surface area contributed by atoms with E-state index in [1.807, 2.05) is 36.5 Å². The third kappa shape index (κ3) is 4.50. The highest BCUT2D eigenvalue weighted by Crippen LogP contribution is 2.24. The van der Waals surface area contributed by atoms with Crippen LogP contribution >= 0.6 is 0 Å². The fraction of sp³-hybridized carbons (Fsp3) is 0.0435. The molecule has 0 aliphatic heterocycles. The molecule has 0 bridgehead atoms. The average molecular weight is 387 g/mol. The van der Waals surface area contributed by atoms with Gasteiger partial charge < -0.3 is 9.73 Å². The summed E-state index contributed by atoms with van der Waals surface area (Å²) in [7, 11) is 0. The summed E-state index contributed by atoms with van der Waals surface area (Å²) in [6.45, 7) is 0.279. The van der Waals surface area contributed by atoms with Crippen LogP contribution in [-0.2, 0) is 11.3 Å². The number of carbonyl (C=O) groups is 1. The van der Waals surface area contributed by atoms with Crippen molar-refractivity contribution in [3.8, 4) is 16.9 Å². The molecule has 2 aromatic heterocycles. The van der Waals surface area contributed by atoms with Crippen LogP contribution in [0.1, 0.15) is 11.3 Å². The molecule has 5 nitrogen and oxygen atoms in total. The zero-order chi connectivity index (χ0) is 20.1. The van der Waals surface area contributed by atoms with Crippen molar-refractivity contribution in [1.29, 1.82) is 0 Å².